The second-order valence-electron chi connectivity index (χ2n) is 5.48. The highest BCUT2D eigenvalue weighted by atomic mass is 32.1. The third-order valence-electron chi connectivity index (χ3n) is 4.40. The normalized spacial score (nSPS) is 23.1. The third kappa shape index (κ3) is 2.87. The maximum atomic E-state index is 12.4. The highest BCUT2D eigenvalue weighted by Gasteiger charge is 2.34. The second-order valence-corrected chi connectivity index (χ2v) is 5.85. The monoisotopic (exact) mass is 267 g/mol. The van der Waals surface area contributed by atoms with Gasteiger partial charge in [-0.3, -0.25) is 9.69 Å². The Bertz CT molecular complexity index is 329. The smallest absolute Gasteiger partial charge is 0.232 e. The first-order valence-electron chi connectivity index (χ1n) is 6.87. The highest BCUT2D eigenvalue weighted by Crippen LogP contribution is 2.33. The number of amides is 1. The fraction of sp³-hybridized carbons (Fsp3) is 0.769. The topological polar surface area (TPSA) is 29.5 Å². The highest BCUT2D eigenvalue weighted by molar-refractivity contribution is 7.82. The molecule has 0 aromatic rings. The van der Waals surface area contributed by atoms with E-state index in [1.54, 1.807) is 4.90 Å². The Kier molecular flexibility index (Phi) is 4.65. The molecule has 0 aliphatic carbocycles. The van der Waals surface area contributed by atoms with Crippen molar-refractivity contribution in [2.24, 2.45) is 11.8 Å². The maximum absolute atomic E-state index is 12.4. The summed E-state index contributed by atoms with van der Waals surface area (Å²) >= 11 is 4.37. The molecule has 0 spiro atoms. The Labute approximate surface area is 115 Å². The van der Waals surface area contributed by atoms with Crippen molar-refractivity contribution in [3.8, 4) is 0 Å². The largest absolute Gasteiger partial charge is 0.477 e. The lowest BCUT2D eigenvalue weighted by Gasteiger charge is -2.31. The van der Waals surface area contributed by atoms with Crippen LogP contribution in [0.2, 0.25) is 12.6 Å². The van der Waals surface area contributed by atoms with Gasteiger partial charge in [-0.05, 0) is 18.1 Å². The van der Waals surface area contributed by atoms with Gasteiger partial charge in [-0.1, -0.05) is 32.4 Å². The molecule has 18 heavy (non-hydrogen) atoms. The molecular weight excluding hydrogens is 245 g/mol. The zero-order chi connectivity index (χ0) is 13.1. The average molecular weight is 267 g/mol. The summed E-state index contributed by atoms with van der Waals surface area (Å²) in [4.78, 5) is 14.1. The quantitative estimate of drug-likeness (QED) is 0.628. The standard InChI is InChI=1S/C13H22BNO2S/c1-10(12-3-5-14(9-18)6-4-12)13(16)15-7-8-17-11(15)2/h10,12,18H,2-9H2,1H3. The molecule has 2 rings (SSSR count). The van der Waals surface area contributed by atoms with E-state index in [2.05, 4.69) is 26.1 Å². The van der Waals surface area contributed by atoms with Crippen molar-refractivity contribution in [1.82, 2.24) is 4.90 Å². The lowest BCUT2D eigenvalue weighted by molar-refractivity contribution is -0.134. The summed E-state index contributed by atoms with van der Waals surface area (Å²) in [7, 11) is 0. The van der Waals surface area contributed by atoms with Crippen LogP contribution in [0.25, 0.3) is 0 Å². The van der Waals surface area contributed by atoms with E-state index in [-0.39, 0.29) is 11.8 Å². The van der Waals surface area contributed by atoms with Gasteiger partial charge < -0.3 is 4.74 Å². The predicted molar refractivity (Wildman–Crippen MR) is 77.9 cm³/mol. The first kappa shape index (κ1) is 13.8. The van der Waals surface area contributed by atoms with E-state index >= 15 is 0 Å². The van der Waals surface area contributed by atoms with Crippen LogP contribution in [0.4, 0.5) is 0 Å². The Morgan fingerprint density at radius 3 is 2.78 bits per heavy atom. The summed E-state index contributed by atoms with van der Waals surface area (Å²) in [6.07, 6.45) is 4.73. The number of hydrogen-bond acceptors (Lipinski definition) is 3. The summed E-state index contributed by atoms with van der Waals surface area (Å²) in [5.41, 5.74) is 0.978. The molecule has 0 bridgehead atoms. The SMILES string of the molecule is C=C1OCCN1C(=O)C(C)C1CCB(CS)CC1. The summed E-state index contributed by atoms with van der Waals surface area (Å²) < 4.78 is 5.26. The van der Waals surface area contributed by atoms with Crippen LogP contribution in [0.5, 0.6) is 0 Å². The maximum Gasteiger partial charge on any atom is 0.232 e. The number of ether oxygens (including phenoxy) is 1. The van der Waals surface area contributed by atoms with Crippen molar-refractivity contribution in [3.05, 3.63) is 12.5 Å². The molecule has 1 unspecified atom stereocenters. The molecule has 1 amide bonds. The van der Waals surface area contributed by atoms with Gasteiger partial charge in [-0.2, -0.15) is 12.6 Å². The second kappa shape index (κ2) is 6.05. The van der Waals surface area contributed by atoms with Crippen LogP contribution in [0, 0.1) is 11.8 Å². The van der Waals surface area contributed by atoms with Gasteiger partial charge in [0.15, 0.2) is 12.6 Å². The number of carbonyl (C=O) groups is 1. The van der Waals surface area contributed by atoms with E-state index in [0.717, 1.165) is 25.2 Å². The van der Waals surface area contributed by atoms with E-state index in [1.165, 1.54) is 12.6 Å². The Morgan fingerprint density at radius 2 is 2.28 bits per heavy atom. The molecule has 0 radical (unpaired) electrons. The van der Waals surface area contributed by atoms with Crippen LogP contribution < -0.4 is 0 Å². The number of nitrogens with zero attached hydrogens (tertiary/aromatic N) is 1. The predicted octanol–water partition coefficient (Wildman–Crippen LogP) is 2.33. The fourth-order valence-electron chi connectivity index (χ4n) is 3.01. The zero-order valence-corrected chi connectivity index (χ0v) is 12.0. The van der Waals surface area contributed by atoms with Crippen LogP contribution in [-0.2, 0) is 9.53 Å². The van der Waals surface area contributed by atoms with Gasteiger partial charge in [0.05, 0.1) is 6.54 Å². The first-order valence-corrected chi connectivity index (χ1v) is 7.50. The third-order valence-corrected chi connectivity index (χ3v) is 4.91. The van der Waals surface area contributed by atoms with E-state index in [4.69, 9.17) is 4.74 Å². The van der Waals surface area contributed by atoms with Crippen LogP contribution in [0.3, 0.4) is 0 Å². The molecule has 1 atom stereocenters. The average Bonchev–Trinajstić information content (AvgIpc) is 2.83. The van der Waals surface area contributed by atoms with Crippen molar-refractivity contribution in [2.45, 2.75) is 32.4 Å². The van der Waals surface area contributed by atoms with Gasteiger partial charge in [-0.15, -0.1) is 0 Å². The molecule has 5 heteroatoms. The van der Waals surface area contributed by atoms with Gasteiger partial charge >= 0.3 is 0 Å². The number of thiol groups is 1. The van der Waals surface area contributed by atoms with Crippen LogP contribution >= 0.6 is 12.6 Å². The van der Waals surface area contributed by atoms with Crippen molar-refractivity contribution < 1.29 is 9.53 Å². The van der Waals surface area contributed by atoms with Crippen molar-refractivity contribution >= 4 is 25.2 Å². The minimum absolute atomic E-state index is 0.0873. The van der Waals surface area contributed by atoms with Crippen LogP contribution in [-0.4, -0.2) is 36.3 Å². The molecule has 2 fully saturated rings. The molecular formula is C13H22BNO2S. The van der Waals surface area contributed by atoms with E-state index < -0.39 is 0 Å². The molecule has 2 aliphatic rings. The first-order chi connectivity index (χ1) is 8.63. The minimum atomic E-state index is 0.0873. The summed E-state index contributed by atoms with van der Waals surface area (Å²) in [6.45, 7) is 7.83. The zero-order valence-electron chi connectivity index (χ0n) is 11.1. The molecule has 2 heterocycles. The van der Waals surface area contributed by atoms with Gasteiger partial charge in [-0.25, -0.2) is 0 Å². The fourth-order valence-corrected chi connectivity index (χ4v) is 3.37. The Hall–Kier alpha value is -0.575. The Balaban J connectivity index is 1.89. The van der Waals surface area contributed by atoms with Gasteiger partial charge in [0.2, 0.25) is 5.91 Å². The van der Waals surface area contributed by atoms with E-state index in [0.29, 0.717) is 25.0 Å². The van der Waals surface area contributed by atoms with Gasteiger partial charge in [0.25, 0.3) is 0 Å². The van der Waals surface area contributed by atoms with Crippen LogP contribution in [0.15, 0.2) is 12.5 Å². The number of hydrogen-bond donors (Lipinski definition) is 1. The van der Waals surface area contributed by atoms with Crippen molar-refractivity contribution in [2.75, 3.05) is 18.8 Å². The van der Waals surface area contributed by atoms with E-state index in [9.17, 15) is 4.79 Å². The minimum Gasteiger partial charge on any atom is -0.477 e. The molecule has 0 N–H and O–H groups in total. The van der Waals surface area contributed by atoms with Gasteiger partial charge in [0, 0.05) is 5.92 Å². The van der Waals surface area contributed by atoms with Crippen LogP contribution in [0.1, 0.15) is 19.8 Å². The molecule has 3 nitrogen and oxygen atoms in total. The molecule has 0 saturated carbocycles. The summed E-state index contributed by atoms with van der Waals surface area (Å²) in [6, 6.07) is 0. The van der Waals surface area contributed by atoms with Crippen molar-refractivity contribution in [3.63, 3.8) is 0 Å². The summed E-state index contributed by atoms with van der Waals surface area (Å²) in [5.74, 6) is 1.31. The lowest BCUT2D eigenvalue weighted by Crippen LogP contribution is -2.37. The molecule has 0 aromatic heterocycles. The number of rotatable bonds is 3. The summed E-state index contributed by atoms with van der Waals surface area (Å²) in [5, 5.41) is 0. The number of carbonyl (C=O) groups excluding carboxylic acids is 1. The molecule has 100 valence electrons. The van der Waals surface area contributed by atoms with Gasteiger partial charge in [0.1, 0.15) is 6.61 Å². The molecule has 2 saturated heterocycles. The van der Waals surface area contributed by atoms with E-state index in [1.807, 2.05) is 0 Å². The molecule has 2 aliphatic heterocycles. The lowest BCUT2D eigenvalue weighted by atomic mass is 9.41. The van der Waals surface area contributed by atoms with Crippen molar-refractivity contribution in [1.29, 1.82) is 0 Å². The Morgan fingerprint density at radius 1 is 1.61 bits per heavy atom. The molecule has 0 aromatic carbocycles.